The van der Waals surface area contributed by atoms with Crippen molar-refractivity contribution in [2.75, 3.05) is 13.6 Å². The summed E-state index contributed by atoms with van der Waals surface area (Å²) in [5.74, 6) is 0.178. The van der Waals surface area contributed by atoms with Crippen LogP contribution in [0, 0.1) is 0 Å². The topological polar surface area (TPSA) is 25.2 Å². The molecule has 0 radical (unpaired) electrons. The van der Waals surface area contributed by atoms with Gasteiger partial charge in [0.1, 0.15) is 0 Å². The van der Waals surface area contributed by atoms with Gasteiger partial charge < -0.3 is 4.90 Å². The van der Waals surface area contributed by atoms with E-state index in [0.717, 1.165) is 31.4 Å². The van der Waals surface area contributed by atoms with Crippen LogP contribution >= 0.6 is 0 Å². The highest BCUT2D eigenvalue weighted by atomic mass is 16.2. The molecule has 1 aliphatic rings. The largest absolute Gasteiger partial charge is 0.300 e. The molecule has 1 aliphatic heterocycles. The molecule has 1 aromatic carbocycles. The summed E-state index contributed by atoms with van der Waals surface area (Å²) in [5, 5.41) is 1.24. The van der Waals surface area contributed by atoms with Gasteiger partial charge in [-0.3, -0.25) is 9.36 Å². The number of rotatable bonds is 3. The second-order valence-corrected chi connectivity index (χ2v) is 5.49. The number of carbonyl (C=O) groups excluding carboxylic acids is 1. The Hall–Kier alpha value is -1.87. The van der Waals surface area contributed by atoms with Crippen molar-refractivity contribution < 1.29 is 4.79 Å². The zero-order chi connectivity index (χ0) is 14.1. The van der Waals surface area contributed by atoms with Crippen molar-refractivity contribution in [1.82, 2.24) is 9.47 Å². The molecule has 0 bridgehead atoms. The fraction of sp³-hybridized carbons (Fsp3) is 0.353. The van der Waals surface area contributed by atoms with E-state index < -0.39 is 0 Å². The third-order valence-electron chi connectivity index (χ3n) is 4.06. The summed E-state index contributed by atoms with van der Waals surface area (Å²) in [6, 6.07) is 8.25. The molecule has 104 valence electrons. The van der Waals surface area contributed by atoms with Gasteiger partial charge in [0.05, 0.1) is 5.52 Å². The highest BCUT2D eigenvalue weighted by molar-refractivity contribution is 5.96. The minimum Gasteiger partial charge on any atom is -0.300 e. The number of aromatic nitrogens is 1. The van der Waals surface area contributed by atoms with Crippen molar-refractivity contribution in [2.45, 2.75) is 25.8 Å². The van der Waals surface area contributed by atoms with E-state index in [2.05, 4.69) is 36.7 Å². The Bertz CT molecular complexity index is 669. The molecule has 3 heteroatoms. The van der Waals surface area contributed by atoms with Crippen LogP contribution in [0.4, 0.5) is 0 Å². The maximum Gasteiger partial charge on any atom is 0.231 e. The number of carbonyl (C=O) groups is 1. The maximum absolute atomic E-state index is 12.6. The Kier molecular flexibility index (Phi) is 3.45. The first-order valence-corrected chi connectivity index (χ1v) is 7.16. The van der Waals surface area contributed by atoms with Gasteiger partial charge in [-0.2, -0.15) is 0 Å². The molecule has 0 saturated heterocycles. The van der Waals surface area contributed by atoms with Crippen LogP contribution in [-0.4, -0.2) is 29.0 Å². The lowest BCUT2D eigenvalue weighted by atomic mass is 10.0. The molecular formula is C17H20N2O. The number of hydrogen-bond donors (Lipinski definition) is 0. The van der Waals surface area contributed by atoms with Crippen LogP contribution in [0.25, 0.3) is 10.9 Å². The summed E-state index contributed by atoms with van der Waals surface area (Å²) in [5.41, 5.74) is 3.58. The van der Waals surface area contributed by atoms with Crippen LogP contribution in [0.5, 0.6) is 0 Å². The Balaban J connectivity index is 2.16. The second kappa shape index (κ2) is 5.25. The molecule has 0 spiro atoms. The molecular weight excluding hydrogens is 248 g/mol. The predicted octanol–water partition coefficient (Wildman–Crippen LogP) is 3.24. The van der Waals surface area contributed by atoms with Crippen LogP contribution in [0.15, 0.2) is 36.9 Å². The molecule has 0 unspecified atom stereocenters. The second-order valence-electron chi connectivity index (χ2n) is 5.49. The lowest BCUT2D eigenvalue weighted by Gasteiger charge is -2.24. The van der Waals surface area contributed by atoms with Gasteiger partial charge in [0.2, 0.25) is 5.91 Å². The molecule has 0 N–H and O–H groups in total. The zero-order valence-corrected chi connectivity index (χ0v) is 11.9. The van der Waals surface area contributed by atoms with Crippen molar-refractivity contribution in [3.8, 4) is 0 Å². The van der Waals surface area contributed by atoms with Crippen LogP contribution in [0.3, 0.4) is 0 Å². The SMILES string of the molecule is C=CCCC(=O)n1c2c(c3ccccc31)CCN(C)C2. The number of allylic oxidation sites excluding steroid dienone is 1. The number of nitrogens with zero attached hydrogens (tertiary/aromatic N) is 2. The van der Waals surface area contributed by atoms with E-state index in [4.69, 9.17) is 0 Å². The molecule has 20 heavy (non-hydrogen) atoms. The van der Waals surface area contributed by atoms with Gasteiger partial charge in [-0.1, -0.05) is 24.3 Å². The van der Waals surface area contributed by atoms with E-state index in [1.807, 2.05) is 16.7 Å². The molecule has 3 nitrogen and oxygen atoms in total. The van der Waals surface area contributed by atoms with Crippen LogP contribution in [0.1, 0.15) is 28.9 Å². The number of para-hydroxylation sites is 1. The summed E-state index contributed by atoms with van der Waals surface area (Å²) in [4.78, 5) is 14.8. The summed E-state index contributed by atoms with van der Waals surface area (Å²) in [6.45, 7) is 5.61. The average molecular weight is 268 g/mol. The Labute approximate surface area is 119 Å². The highest BCUT2D eigenvalue weighted by Crippen LogP contribution is 2.30. The molecule has 0 atom stereocenters. The third-order valence-corrected chi connectivity index (χ3v) is 4.06. The van der Waals surface area contributed by atoms with E-state index in [9.17, 15) is 4.79 Å². The molecule has 2 heterocycles. The minimum absolute atomic E-state index is 0.178. The predicted molar refractivity (Wildman–Crippen MR) is 82.0 cm³/mol. The van der Waals surface area contributed by atoms with E-state index in [-0.39, 0.29) is 5.91 Å². The number of fused-ring (bicyclic) bond motifs is 3. The number of likely N-dealkylation sites (N-methyl/N-ethyl adjacent to an activating group) is 1. The summed E-state index contributed by atoms with van der Waals surface area (Å²) in [6.07, 6.45) is 4.09. The van der Waals surface area contributed by atoms with Crippen LogP contribution in [-0.2, 0) is 13.0 Å². The van der Waals surface area contributed by atoms with Crippen molar-refractivity contribution in [1.29, 1.82) is 0 Å². The number of benzene rings is 1. The van der Waals surface area contributed by atoms with E-state index >= 15 is 0 Å². The van der Waals surface area contributed by atoms with Crippen LogP contribution in [0.2, 0.25) is 0 Å². The van der Waals surface area contributed by atoms with E-state index in [1.54, 1.807) is 0 Å². The fourth-order valence-electron chi connectivity index (χ4n) is 3.06. The molecule has 0 amide bonds. The Morgan fingerprint density at radius 2 is 2.20 bits per heavy atom. The molecule has 3 rings (SSSR count). The average Bonchev–Trinajstić information content (AvgIpc) is 2.78. The fourth-order valence-corrected chi connectivity index (χ4v) is 3.06. The third kappa shape index (κ3) is 2.08. The Morgan fingerprint density at radius 3 is 3.00 bits per heavy atom. The molecule has 0 saturated carbocycles. The van der Waals surface area contributed by atoms with Crippen molar-refractivity contribution in [3.63, 3.8) is 0 Å². The normalized spacial score (nSPS) is 15.2. The standard InChI is InChI=1S/C17H20N2O/c1-3-4-9-17(20)19-15-8-6-5-7-13(15)14-10-11-18(2)12-16(14)19/h3,5-8H,1,4,9-12H2,2H3. The smallest absolute Gasteiger partial charge is 0.231 e. The van der Waals surface area contributed by atoms with Gasteiger partial charge in [-0.05, 0) is 31.5 Å². The zero-order valence-electron chi connectivity index (χ0n) is 11.9. The number of hydrogen-bond acceptors (Lipinski definition) is 2. The van der Waals surface area contributed by atoms with Crippen molar-refractivity contribution in [2.24, 2.45) is 0 Å². The van der Waals surface area contributed by atoms with Gasteiger partial charge in [0.25, 0.3) is 0 Å². The van der Waals surface area contributed by atoms with Crippen molar-refractivity contribution >= 4 is 16.8 Å². The molecule has 0 aliphatic carbocycles. The maximum atomic E-state index is 12.6. The van der Waals surface area contributed by atoms with Gasteiger partial charge in [0, 0.05) is 30.6 Å². The van der Waals surface area contributed by atoms with Gasteiger partial charge in [0.15, 0.2) is 0 Å². The summed E-state index contributed by atoms with van der Waals surface area (Å²) >= 11 is 0. The molecule has 1 aromatic heterocycles. The first-order chi connectivity index (χ1) is 9.72. The lowest BCUT2D eigenvalue weighted by Crippen LogP contribution is -2.29. The molecule has 2 aromatic rings. The van der Waals surface area contributed by atoms with Gasteiger partial charge in [-0.15, -0.1) is 6.58 Å². The summed E-state index contributed by atoms with van der Waals surface area (Å²) in [7, 11) is 2.11. The Morgan fingerprint density at radius 1 is 1.40 bits per heavy atom. The lowest BCUT2D eigenvalue weighted by molar-refractivity contribution is 0.0902. The first-order valence-electron chi connectivity index (χ1n) is 7.16. The first kappa shape index (κ1) is 13.1. The van der Waals surface area contributed by atoms with E-state index in [1.165, 1.54) is 16.6 Å². The highest BCUT2D eigenvalue weighted by Gasteiger charge is 2.24. The van der Waals surface area contributed by atoms with Gasteiger partial charge in [-0.25, -0.2) is 0 Å². The van der Waals surface area contributed by atoms with E-state index in [0.29, 0.717) is 6.42 Å². The summed E-state index contributed by atoms with van der Waals surface area (Å²) < 4.78 is 1.93. The quantitative estimate of drug-likeness (QED) is 0.798. The van der Waals surface area contributed by atoms with Crippen LogP contribution < -0.4 is 0 Å². The monoisotopic (exact) mass is 268 g/mol. The molecule has 0 fully saturated rings. The van der Waals surface area contributed by atoms with Gasteiger partial charge >= 0.3 is 0 Å². The minimum atomic E-state index is 0.178. The van der Waals surface area contributed by atoms with Crippen molar-refractivity contribution in [3.05, 3.63) is 48.2 Å².